The van der Waals surface area contributed by atoms with Crippen molar-refractivity contribution in [1.29, 1.82) is 0 Å². The van der Waals surface area contributed by atoms with Crippen molar-refractivity contribution in [3.8, 4) is 0 Å². The molecule has 1 saturated carbocycles. The second-order valence-electron chi connectivity index (χ2n) is 4.76. The SMILES string of the molecule is O=C(CCC(=O)c1cccs1)NCC1(O)CCC1. The maximum Gasteiger partial charge on any atom is 0.220 e. The Morgan fingerprint density at radius 1 is 1.39 bits per heavy atom. The van der Waals surface area contributed by atoms with Gasteiger partial charge in [0, 0.05) is 19.4 Å². The molecule has 0 spiro atoms. The first-order valence-corrected chi connectivity index (χ1v) is 7.03. The molecule has 0 atom stereocenters. The van der Waals surface area contributed by atoms with Crippen LogP contribution in [-0.4, -0.2) is 28.9 Å². The summed E-state index contributed by atoms with van der Waals surface area (Å²) in [7, 11) is 0. The van der Waals surface area contributed by atoms with Gasteiger partial charge >= 0.3 is 0 Å². The van der Waals surface area contributed by atoms with Gasteiger partial charge in [-0.1, -0.05) is 6.07 Å². The number of rotatable bonds is 6. The molecule has 1 aliphatic rings. The van der Waals surface area contributed by atoms with E-state index in [-0.39, 0.29) is 24.5 Å². The van der Waals surface area contributed by atoms with Crippen LogP contribution in [0.5, 0.6) is 0 Å². The lowest BCUT2D eigenvalue weighted by molar-refractivity contribution is -0.123. The Bertz CT molecular complexity index is 423. The Hall–Kier alpha value is -1.20. The van der Waals surface area contributed by atoms with Crippen molar-refractivity contribution < 1.29 is 14.7 Å². The molecule has 1 amide bonds. The molecule has 0 radical (unpaired) electrons. The number of nitrogens with one attached hydrogen (secondary N) is 1. The second kappa shape index (κ2) is 5.63. The van der Waals surface area contributed by atoms with E-state index in [1.54, 1.807) is 6.07 Å². The molecular weight excluding hydrogens is 250 g/mol. The lowest BCUT2D eigenvalue weighted by Gasteiger charge is -2.36. The van der Waals surface area contributed by atoms with Crippen LogP contribution < -0.4 is 5.32 Å². The first-order chi connectivity index (χ1) is 8.59. The van der Waals surface area contributed by atoms with Crippen molar-refractivity contribution >= 4 is 23.0 Å². The van der Waals surface area contributed by atoms with Crippen LogP contribution >= 0.6 is 11.3 Å². The van der Waals surface area contributed by atoms with Crippen LogP contribution in [0.3, 0.4) is 0 Å². The molecule has 0 bridgehead atoms. The predicted molar refractivity (Wildman–Crippen MR) is 69.7 cm³/mol. The zero-order valence-corrected chi connectivity index (χ0v) is 11.0. The largest absolute Gasteiger partial charge is 0.388 e. The number of ketones is 1. The zero-order chi connectivity index (χ0) is 13.0. The average molecular weight is 267 g/mol. The maximum absolute atomic E-state index is 11.7. The molecule has 2 N–H and O–H groups in total. The molecule has 0 saturated heterocycles. The Labute approximate surface area is 110 Å². The molecule has 0 aromatic carbocycles. The third-order valence-corrected chi connectivity index (χ3v) is 4.18. The van der Waals surface area contributed by atoms with Crippen molar-refractivity contribution in [3.63, 3.8) is 0 Å². The molecular formula is C13H17NO3S. The number of amides is 1. The molecule has 1 heterocycles. The number of thiophene rings is 1. The van der Waals surface area contributed by atoms with E-state index in [0.29, 0.717) is 11.4 Å². The van der Waals surface area contributed by atoms with Gasteiger partial charge in [0.2, 0.25) is 5.91 Å². The minimum absolute atomic E-state index is 0.00232. The molecule has 1 fully saturated rings. The number of carbonyl (C=O) groups is 2. The van der Waals surface area contributed by atoms with Crippen LogP contribution in [0.2, 0.25) is 0 Å². The summed E-state index contributed by atoms with van der Waals surface area (Å²) in [6, 6.07) is 3.59. The van der Waals surface area contributed by atoms with E-state index in [1.807, 2.05) is 11.4 Å². The quantitative estimate of drug-likeness (QED) is 0.772. The minimum Gasteiger partial charge on any atom is -0.388 e. The van der Waals surface area contributed by atoms with Crippen molar-refractivity contribution in [3.05, 3.63) is 22.4 Å². The summed E-state index contributed by atoms with van der Waals surface area (Å²) in [5, 5.41) is 14.3. The fourth-order valence-corrected chi connectivity index (χ4v) is 2.60. The van der Waals surface area contributed by atoms with Crippen LogP contribution in [0.25, 0.3) is 0 Å². The summed E-state index contributed by atoms with van der Waals surface area (Å²) in [4.78, 5) is 23.9. The van der Waals surface area contributed by atoms with E-state index in [0.717, 1.165) is 19.3 Å². The van der Waals surface area contributed by atoms with E-state index < -0.39 is 5.60 Å². The van der Waals surface area contributed by atoms with Gasteiger partial charge in [0.1, 0.15) is 0 Å². The third kappa shape index (κ3) is 3.40. The molecule has 1 aromatic rings. The van der Waals surface area contributed by atoms with Crippen LogP contribution in [0, 0.1) is 0 Å². The van der Waals surface area contributed by atoms with Gasteiger partial charge in [-0.3, -0.25) is 9.59 Å². The summed E-state index contributed by atoms with van der Waals surface area (Å²) < 4.78 is 0. The van der Waals surface area contributed by atoms with Gasteiger partial charge in [0.25, 0.3) is 0 Å². The van der Waals surface area contributed by atoms with Crippen molar-refractivity contribution in [2.45, 2.75) is 37.7 Å². The summed E-state index contributed by atoms with van der Waals surface area (Å²) in [6.45, 7) is 0.305. The van der Waals surface area contributed by atoms with Gasteiger partial charge in [-0.05, 0) is 30.7 Å². The van der Waals surface area contributed by atoms with Crippen LogP contribution in [0.1, 0.15) is 41.8 Å². The smallest absolute Gasteiger partial charge is 0.220 e. The van der Waals surface area contributed by atoms with Gasteiger partial charge in [-0.2, -0.15) is 0 Å². The summed E-state index contributed by atoms with van der Waals surface area (Å²) >= 11 is 1.39. The number of hydrogen-bond acceptors (Lipinski definition) is 4. The molecule has 4 nitrogen and oxygen atoms in total. The van der Waals surface area contributed by atoms with Gasteiger partial charge in [0.05, 0.1) is 10.5 Å². The van der Waals surface area contributed by atoms with Crippen molar-refractivity contribution in [1.82, 2.24) is 5.32 Å². The Balaban J connectivity index is 1.67. The van der Waals surface area contributed by atoms with E-state index in [1.165, 1.54) is 11.3 Å². The first kappa shape index (κ1) is 13.2. The lowest BCUT2D eigenvalue weighted by atomic mass is 9.80. The minimum atomic E-state index is -0.701. The number of Topliss-reactive ketones (excluding diaryl/α,β-unsaturated/α-hetero) is 1. The fraction of sp³-hybridized carbons (Fsp3) is 0.538. The average Bonchev–Trinajstić information content (AvgIpc) is 2.84. The molecule has 0 unspecified atom stereocenters. The fourth-order valence-electron chi connectivity index (χ4n) is 1.90. The second-order valence-corrected chi connectivity index (χ2v) is 5.70. The topological polar surface area (TPSA) is 66.4 Å². The highest BCUT2D eigenvalue weighted by molar-refractivity contribution is 7.12. The molecule has 2 rings (SSSR count). The highest BCUT2D eigenvalue weighted by Crippen LogP contribution is 2.30. The van der Waals surface area contributed by atoms with Gasteiger partial charge in [-0.15, -0.1) is 11.3 Å². The molecule has 98 valence electrons. The molecule has 1 aromatic heterocycles. The third-order valence-electron chi connectivity index (χ3n) is 3.27. The molecule has 0 aliphatic heterocycles. The lowest BCUT2D eigenvalue weighted by Crippen LogP contribution is -2.47. The van der Waals surface area contributed by atoms with Crippen LogP contribution in [-0.2, 0) is 4.79 Å². The van der Waals surface area contributed by atoms with Gasteiger partial charge < -0.3 is 10.4 Å². The van der Waals surface area contributed by atoms with Crippen molar-refractivity contribution in [2.75, 3.05) is 6.54 Å². The molecule has 1 aliphatic carbocycles. The highest BCUT2D eigenvalue weighted by Gasteiger charge is 2.34. The Morgan fingerprint density at radius 2 is 2.17 bits per heavy atom. The molecule has 5 heteroatoms. The maximum atomic E-state index is 11.7. The Morgan fingerprint density at radius 3 is 2.72 bits per heavy atom. The first-order valence-electron chi connectivity index (χ1n) is 6.15. The van der Waals surface area contributed by atoms with Gasteiger partial charge in [-0.25, -0.2) is 0 Å². The van der Waals surface area contributed by atoms with E-state index >= 15 is 0 Å². The number of aliphatic hydroxyl groups is 1. The van der Waals surface area contributed by atoms with Crippen LogP contribution in [0.15, 0.2) is 17.5 Å². The predicted octanol–water partition coefficient (Wildman–Crippen LogP) is 1.74. The normalized spacial score (nSPS) is 16.9. The summed E-state index contributed by atoms with van der Waals surface area (Å²) in [5.41, 5.74) is -0.701. The van der Waals surface area contributed by atoms with Crippen LogP contribution in [0.4, 0.5) is 0 Å². The number of hydrogen-bond donors (Lipinski definition) is 2. The summed E-state index contributed by atoms with van der Waals surface area (Å²) in [6.07, 6.45) is 2.93. The monoisotopic (exact) mass is 267 g/mol. The summed E-state index contributed by atoms with van der Waals surface area (Å²) in [5.74, 6) is -0.164. The van der Waals surface area contributed by atoms with E-state index in [4.69, 9.17) is 0 Å². The van der Waals surface area contributed by atoms with E-state index in [2.05, 4.69) is 5.32 Å². The standard InChI is InChI=1S/C13H17NO3S/c15-10(11-3-1-8-18-11)4-5-12(16)14-9-13(17)6-2-7-13/h1,3,8,17H,2,4-7,9H2,(H,14,16). The van der Waals surface area contributed by atoms with Gasteiger partial charge in [0.15, 0.2) is 5.78 Å². The van der Waals surface area contributed by atoms with E-state index in [9.17, 15) is 14.7 Å². The number of carbonyl (C=O) groups excluding carboxylic acids is 2. The zero-order valence-electron chi connectivity index (χ0n) is 10.1. The highest BCUT2D eigenvalue weighted by atomic mass is 32.1. The Kier molecular flexibility index (Phi) is 4.14. The van der Waals surface area contributed by atoms with Crippen molar-refractivity contribution in [2.24, 2.45) is 0 Å². The molecule has 18 heavy (non-hydrogen) atoms.